The Bertz CT molecular complexity index is 551. The van der Waals surface area contributed by atoms with E-state index < -0.39 is 9.84 Å². The molecule has 1 saturated heterocycles. The number of rotatable bonds is 3. The highest BCUT2D eigenvalue weighted by molar-refractivity contribution is 7.91. The van der Waals surface area contributed by atoms with Crippen LogP contribution in [0.4, 0.5) is 5.69 Å². The summed E-state index contributed by atoms with van der Waals surface area (Å²) in [6, 6.07) is 7.32. The van der Waals surface area contributed by atoms with E-state index in [0.29, 0.717) is 12.0 Å². The van der Waals surface area contributed by atoms with Crippen LogP contribution in [0.25, 0.3) is 0 Å². The number of nitrogens with zero attached hydrogens (tertiary/aromatic N) is 1. The largest absolute Gasteiger partial charge is 0.384 e. The van der Waals surface area contributed by atoms with Gasteiger partial charge in [0.15, 0.2) is 9.84 Å². The maximum Gasteiger partial charge on any atom is 0.152 e. The Morgan fingerprint density at radius 3 is 2.44 bits per heavy atom. The van der Waals surface area contributed by atoms with Crippen molar-refractivity contribution < 1.29 is 8.42 Å². The zero-order valence-electron chi connectivity index (χ0n) is 10.3. The van der Waals surface area contributed by atoms with E-state index in [1.807, 2.05) is 24.1 Å². The first kappa shape index (κ1) is 12.9. The number of anilines is 1. The quantitative estimate of drug-likeness (QED) is 0.620. The molecule has 1 unspecified atom stereocenters. The molecule has 2 rings (SSSR count). The van der Waals surface area contributed by atoms with Crippen LogP contribution in [0, 0.1) is 5.41 Å². The molecule has 1 fully saturated rings. The predicted octanol–water partition coefficient (Wildman–Crippen LogP) is 0.594. The molecule has 1 atom stereocenters. The van der Waals surface area contributed by atoms with Gasteiger partial charge < -0.3 is 10.6 Å². The Labute approximate surface area is 107 Å². The van der Waals surface area contributed by atoms with Gasteiger partial charge in [-0.25, -0.2) is 8.42 Å². The third kappa shape index (κ3) is 2.64. The maximum absolute atomic E-state index is 11.4. The van der Waals surface area contributed by atoms with Gasteiger partial charge in [0.25, 0.3) is 0 Å². The van der Waals surface area contributed by atoms with Crippen LogP contribution in [-0.2, 0) is 9.84 Å². The van der Waals surface area contributed by atoms with E-state index in [9.17, 15) is 8.42 Å². The summed E-state index contributed by atoms with van der Waals surface area (Å²) in [6.07, 6.45) is 0.674. The SMILES string of the molecule is CN(c1ccc(C(=N)N)cc1)C1CCS(=O)(=O)C1. The zero-order valence-corrected chi connectivity index (χ0v) is 11.1. The summed E-state index contributed by atoms with van der Waals surface area (Å²) in [6.45, 7) is 0. The molecule has 98 valence electrons. The molecule has 1 aliphatic heterocycles. The molecular formula is C12H17N3O2S. The van der Waals surface area contributed by atoms with Crippen molar-refractivity contribution in [3.8, 4) is 0 Å². The van der Waals surface area contributed by atoms with E-state index in [-0.39, 0.29) is 23.4 Å². The van der Waals surface area contributed by atoms with Crippen molar-refractivity contribution in [3.63, 3.8) is 0 Å². The fourth-order valence-corrected chi connectivity index (χ4v) is 3.94. The number of hydrogen-bond donors (Lipinski definition) is 2. The van der Waals surface area contributed by atoms with Gasteiger partial charge in [0.1, 0.15) is 5.84 Å². The molecular weight excluding hydrogens is 250 g/mol. The van der Waals surface area contributed by atoms with Gasteiger partial charge in [-0.1, -0.05) is 0 Å². The highest BCUT2D eigenvalue weighted by Gasteiger charge is 2.30. The number of amidine groups is 1. The molecule has 1 aliphatic rings. The van der Waals surface area contributed by atoms with Gasteiger partial charge in [0, 0.05) is 24.3 Å². The summed E-state index contributed by atoms with van der Waals surface area (Å²) in [5, 5.41) is 7.32. The van der Waals surface area contributed by atoms with Gasteiger partial charge >= 0.3 is 0 Å². The predicted molar refractivity (Wildman–Crippen MR) is 72.9 cm³/mol. The third-order valence-corrected chi connectivity index (χ3v) is 5.09. The first-order chi connectivity index (χ1) is 8.39. The van der Waals surface area contributed by atoms with Crippen molar-refractivity contribution >= 4 is 21.4 Å². The first-order valence-corrected chi connectivity index (χ1v) is 7.59. The van der Waals surface area contributed by atoms with Crippen molar-refractivity contribution in [1.82, 2.24) is 0 Å². The van der Waals surface area contributed by atoms with Gasteiger partial charge in [-0.15, -0.1) is 0 Å². The average molecular weight is 267 g/mol. The Hall–Kier alpha value is -1.56. The molecule has 3 N–H and O–H groups in total. The summed E-state index contributed by atoms with van der Waals surface area (Å²) in [4.78, 5) is 1.98. The summed E-state index contributed by atoms with van der Waals surface area (Å²) in [5.41, 5.74) is 7.01. The summed E-state index contributed by atoms with van der Waals surface area (Å²) < 4.78 is 22.9. The molecule has 0 spiro atoms. The topological polar surface area (TPSA) is 87.2 Å². The summed E-state index contributed by atoms with van der Waals surface area (Å²) in [5.74, 6) is 0.526. The lowest BCUT2D eigenvalue weighted by Gasteiger charge is -2.25. The second-order valence-electron chi connectivity index (χ2n) is 4.63. The van der Waals surface area contributed by atoms with E-state index in [0.717, 1.165) is 5.69 Å². The average Bonchev–Trinajstić information content (AvgIpc) is 2.69. The van der Waals surface area contributed by atoms with Gasteiger partial charge in [-0.2, -0.15) is 0 Å². The fourth-order valence-electron chi connectivity index (χ4n) is 2.17. The van der Waals surface area contributed by atoms with Gasteiger partial charge in [-0.3, -0.25) is 5.41 Å². The van der Waals surface area contributed by atoms with E-state index in [2.05, 4.69) is 0 Å². The second-order valence-corrected chi connectivity index (χ2v) is 6.86. The monoisotopic (exact) mass is 267 g/mol. The molecule has 0 aliphatic carbocycles. The maximum atomic E-state index is 11.4. The smallest absolute Gasteiger partial charge is 0.152 e. The molecule has 1 heterocycles. The fraction of sp³-hybridized carbons (Fsp3) is 0.417. The molecule has 18 heavy (non-hydrogen) atoms. The lowest BCUT2D eigenvalue weighted by Crippen LogP contribution is -2.32. The minimum absolute atomic E-state index is 0.0349. The first-order valence-electron chi connectivity index (χ1n) is 5.77. The molecule has 0 saturated carbocycles. The van der Waals surface area contributed by atoms with Crippen molar-refractivity contribution in [2.24, 2.45) is 5.73 Å². The van der Waals surface area contributed by atoms with Crippen molar-refractivity contribution in [2.45, 2.75) is 12.5 Å². The van der Waals surface area contributed by atoms with Crippen LogP contribution in [0.2, 0.25) is 0 Å². The normalized spacial score (nSPS) is 21.7. The van der Waals surface area contributed by atoms with Crippen LogP contribution in [-0.4, -0.2) is 38.8 Å². The minimum Gasteiger partial charge on any atom is -0.384 e. The van der Waals surface area contributed by atoms with Crippen LogP contribution < -0.4 is 10.6 Å². The van der Waals surface area contributed by atoms with Crippen molar-refractivity contribution in [3.05, 3.63) is 29.8 Å². The van der Waals surface area contributed by atoms with E-state index >= 15 is 0 Å². The number of nitrogens with one attached hydrogen (secondary N) is 1. The lowest BCUT2D eigenvalue weighted by molar-refractivity contribution is 0.601. The van der Waals surface area contributed by atoms with Gasteiger partial charge in [0.2, 0.25) is 0 Å². The number of nitrogen functional groups attached to an aromatic ring is 1. The molecule has 5 nitrogen and oxygen atoms in total. The number of benzene rings is 1. The minimum atomic E-state index is -2.87. The number of sulfone groups is 1. The molecule has 0 bridgehead atoms. The molecule has 0 radical (unpaired) electrons. The van der Waals surface area contributed by atoms with Crippen LogP contribution in [0.5, 0.6) is 0 Å². The highest BCUT2D eigenvalue weighted by atomic mass is 32.2. The Kier molecular flexibility index (Phi) is 3.30. The van der Waals surface area contributed by atoms with Crippen LogP contribution in [0.15, 0.2) is 24.3 Å². The molecule has 6 heteroatoms. The van der Waals surface area contributed by atoms with E-state index in [4.69, 9.17) is 11.1 Å². The van der Waals surface area contributed by atoms with Gasteiger partial charge in [-0.05, 0) is 30.7 Å². The van der Waals surface area contributed by atoms with Crippen LogP contribution >= 0.6 is 0 Å². The van der Waals surface area contributed by atoms with Crippen LogP contribution in [0.3, 0.4) is 0 Å². The van der Waals surface area contributed by atoms with Gasteiger partial charge in [0.05, 0.1) is 11.5 Å². The van der Waals surface area contributed by atoms with Crippen molar-refractivity contribution in [1.29, 1.82) is 5.41 Å². The van der Waals surface area contributed by atoms with Crippen LogP contribution in [0.1, 0.15) is 12.0 Å². The highest BCUT2D eigenvalue weighted by Crippen LogP contribution is 2.23. The molecule has 1 aromatic carbocycles. The Morgan fingerprint density at radius 2 is 2.00 bits per heavy atom. The standard InChI is InChI=1S/C12H17N3O2S/c1-15(11-6-7-18(16,17)8-11)10-4-2-9(3-5-10)12(13)14/h2-5,11H,6-8H2,1H3,(H3,13,14). The van der Waals surface area contributed by atoms with E-state index in [1.54, 1.807) is 12.1 Å². The number of nitrogens with two attached hydrogens (primary N) is 1. The molecule has 1 aromatic rings. The van der Waals surface area contributed by atoms with Crippen molar-refractivity contribution in [2.75, 3.05) is 23.5 Å². The summed E-state index contributed by atoms with van der Waals surface area (Å²) >= 11 is 0. The third-order valence-electron chi connectivity index (χ3n) is 3.34. The molecule has 0 amide bonds. The Balaban J connectivity index is 2.14. The second kappa shape index (κ2) is 4.61. The Morgan fingerprint density at radius 1 is 1.39 bits per heavy atom. The van der Waals surface area contributed by atoms with E-state index in [1.165, 1.54) is 0 Å². The molecule has 0 aromatic heterocycles. The zero-order chi connectivity index (χ0) is 13.3. The number of hydrogen-bond acceptors (Lipinski definition) is 4. The lowest BCUT2D eigenvalue weighted by atomic mass is 10.1. The summed E-state index contributed by atoms with van der Waals surface area (Å²) in [7, 11) is -0.969.